The van der Waals surface area contributed by atoms with Gasteiger partial charge in [-0.15, -0.1) is 0 Å². The van der Waals surface area contributed by atoms with Crippen molar-refractivity contribution in [2.75, 3.05) is 0 Å². The van der Waals surface area contributed by atoms with E-state index >= 15 is 0 Å². The number of carbonyl (C=O) groups is 2. The number of rotatable bonds is 4. The van der Waals surface area contributed by atoms with Gasteiger partial charge in [0.15, 0.2) is 0 Å². The van der Waals surface area contributed by atoms with Crippen LogP contribution in [0.4, 0.5) is 0 Å². The Labute approximate surface area is 181 Å². The summed E-state index contributed by atoms with van der Waals surface area (Å²) in [6.45, 7) is 4.86. The lowest BCUT2D eigenvalue weighted by atomic mass is 9.43. The van der Waals surface area contributed by atoms with E-state index in [2.05, 4.69) is 19.2 Å². The molecule has 3 N–H and O–H groups in total. The molecule has 3 unspecified atom stereocenters. The Kier molecular flexibility index (Phi) is 4.55. The normalized spacial score (nSPS) is 45.3. The van der Waals surface area contributed by atoms with Gasteiger partial charge in [-0.25, -0.2) is 0 Å². The second-order valence-electron chi connectivity index (χ2n) is 12.3. The van der Waals surface area contributed by atoms with Crippen LogP contribution < -0.4 is 11.1 Å². The van der Waals surface area contributed by atoms with E-state index in [1.54, 1.807) is 0 Å². The van der Waals surface area contributed by atoms with Crippen LogP contribution >= 0.6 is 0 Å². The highest BCUT2D eigenvalue weighted by Gasteiger charge is 2.60. The van der Waals surface area contributed by atoms with Crippen LogP contribution in [0.3, 0.4) is 0 Å². The van der Waals surface area contributed by atoms with E-state index in [4.69, 9.17) is 5.73 Å². The predicted octanol–water partition coefficient (Wildman–Crippen LogP) is 4.79. The summed E-state index contributed by atoms with van der Waals surface area (Å²) < 4.78 is 0. The van der Waals surface area contributed by atoms with Crippen molar-refractivity contribution in [3.63, 3.8) is 0 Å². The van der Waals surface area contributed by atoms with Crippen molar-refractivity contribution in [1.82, 2.24) is 5.32 Å². The van der Waals surface area contributed by atoms with E-state index in [-0.39, 0.29) is 17.4 Å². The topological polar surface area (TPSA) is 72.2 Å². The largest absolute Gasteiger partial charge is 0.369 e. The summed E-state index contributed by atoms with van der Waals surface area (Å²) in [5.74, 6) is 0.871. The quantitative estimate of drug-likeness (QED) is 0.699. The maximum absolute atomic E-state index is 13.3. The SMILES string of the molecule is C[C@]12CC3CC(NC(=O)C4=CCC(C(N)=O)(C5CCCCC5)C=C4)(C1)C[C@@](C)(C3)C2. The molecule has 164 valence electrons. The lowest BCUT2D eigenvalue weighted by Crippen LogP contribution is -2.65. The molecule has 0 aromatic rings. The molecule has 0 heterocycles. The summed E-state index contributed by atoms with van der Waals surface area (Å²) in [7, 11) is 0. The smallest absolute Gasteiger partial charge is 0.251 e. The van der Waals surface area contributed by atoms with Gasteiger partial charge >= 0.3 is 0 Å². The van der Waals surface area contributed by atoms with Gasteiger partial charge in [-0.2, -0.15) is 0 Å². The number of hydrogen-bond donors (Lipinski definition) is 2. The summed E-state index contributed by atoms with van der Waals surface area (Å²) in [5.41, 5.74) is 6.72. The van der Waals surface area contributed by atoms with Gasteiger partial charge in [0, 0.05) is 11.1 Å². The first-order valence-electron chi connectivity index (χ1n) is 12.2. The molecule has 0 aromatic carbocycles. The summed E-state index contributed by atoms with van der Waals surface area (Å²) in [6.07, 6.45) is 19.4. The maximum Gasteiger partial charge on any atom is 0.251 e. The highest BCUT2D eigenvalue weighted by Crippen LogP contribution is 2.66. The molecular weight excluding hydrogens is 372 g/mol. The zero-order valence-corrected chi connectivity index (χ0v) is 18.8. The number of amides is 2. The predicted molar refractivity (Wildman–Crippen MR) is 118 cm³/mol. The van der Waals surface area contributed by atoms with E-state index < -0.39 is 5.41 Å². The van der Waals surface area contributed by atoms with E-state index in [0.717, 1.165) is 38.0 Å². The Morgan fingerprint density at radius 3 is 2.20 bits per heavy atom. The second-order valence-corrected chi connectivity index (χ2v) is 12.3. The first-order chi connectivity index (χ1) is 14.2. The molecule has 0 aromatic heterocycles. The summed E-state index contributed by atoms with van der Waals surface area (Å²) in [5, 5.41) is 3.51. The third kappa shape index (κ3) is 3.26. The van der Waals surface area contributed by atoms with Crippen molar-refractivity contribution >= 4 is 11.8 Å². The van der Waals surface area contributed by atoms with Crippen LogP contribution in [0.5, 0.6) is 0 Å². The minimum atomic E-state index is -0.605. The molecule has 0 radical (unpaired) electrons. The van der Waals surface area contributed by atoms with Gasteiger partial charge in [0.25, 0.3) is 5.91 Å². The molecule has 0 saturated heterocycles. The first kappa shape index (κ1) is 20.3. The molecule has 2 amide bonds. The Bertz CT molecular complexity index is 803. The number of nitrogens with one attached hydrogen (secondary N) is 1. The van der Waals surface area contributed by atoms with Crippen molar-refractivity contribution < 1.29 is 9.59 Å². The zero-order valence-electron chi connectivity index (χ0n) is 18.8. The van der Waals surface area contributed by atoms with Gasteiger partial charge in [0.1, 0.15) is 0 Å². The molecule has 5 saturated carbocycles. The fourth-order valence-corrected chi connectivity index (χ4v) is 9.03. The highest BCUT2D eigenvalue weighted by molar-refractivity contribution is 5.98. The van der Waals surface area contributed by atoms with E-state index in [9.17, 15) is 9.59 Å². The fourth-order valence-electron chi connectivity index (χ4n) is 9.03. The van der Waals surface area contributed by atoms with E-state index in [0.29, 0.717) is 28.7 Å². The summed E-state index contributed by atoms with van der Waals surface area (Å²) in [4.78, 5) is 25.8. The van der Waals surface area contributed by atoms with Gasteiger partial charge in [-0.05, 0) is 80.5 Å². The minimum Gasteiger partial charge on any atom is -0.369 e. The third-order valence-electron chi connectivity index (χ3n) is 9.28. The average molecular weight is 411 g/mol. The third-order valence-corrected chi connectivity index (χ3v) is 9.28. The Balaban J connectivity index is 1.32. The van der Waals surface area contributed by atoms with Crippen LogP contribution in [0.15, 0.2) is 23.8 Å². The van der Waals surface area contributed by atoms with Crippen LogP contribution in [-0.4, -0.2) is 17.4 Å². The molecule has 4 nitrogen and oxygen atoms in total. The molecule has 6 aliphatic rings. The van der Waals surface area contributed by atoms with Gasteiger partial charge < -0.3 is 11.1 Å². The Morgan fingerprint density at radius 1 is 1.00 bits per heavy atom. The molecule has 0 spiro atoms. The number of carbonyl (C=O) groups excluding carboxylic acids is 2. The van der Waals surface area contributed by atoms with Crippen LogP contribution in [0.25, 0.3) is 0 Å². The lowest BCUT2D eigenvalue weighted by Gasteiger charge is -2.65. The number of allylic oxidation sites excluding steroid dienone is 1. The van der Waals surface area contributed by atoms with Crippen LogP contribution in [0, 0.1) is 28.1 Å². The van der Waals surface area contributed by atoms with Gasteiger partial charge in [0.05, 0.1) is 5.41 Å². The second kappa shape index (κ2) is 6.71. The van der Waals surface area contributed by atoms with Crippen LogP contribution in [0.1, 0.15) is 90.9 Å². The average Bonchev–Trinajstić information content (AvgIpc) is 2.65. The molecule has 30 heavy (non-hydrogen) atoms. The minimum absolute atomic E-state index is 0.0436. The Morgan fingerprint density at radius 2 is 1.67 bits per heavy atom. The van der Waals surface area contributed by atoms with Crippen molar-refractivity contribution in [1.29, 1.82) is 0 Å². The van der Waals surface area contributed by atoms with Crippen LogP contribution in [0.2, 0.25) is 0 Å². The number of hydrogen-bond acceptors (Lipinski definition) is 2. The highest BCUT2D eigenvalue weighted by atomic mass is 16.2. The number of primary amides is 1. The molecule has 0 aliphatic heterocycles. The molecule has 5 fully saturated rings. The zero-order chi connectivity index (χ0) is 21.2. The summed E-state index contributed by atoms with van der Waals surface area (Å²) in [6, 6.07) is 0. The van der Waals surface area contributed by atoms with Crippen LogP contribution in [-0.2, 0) is 9.59 Å². The molecule has 6 rings (SSSR count). The lowest BCUT2D eigenvalue weighted by molar-refractivity contribution is -0.137. The van der Waals surface area contributed by atoms with Crippen molar-refractivity contribution in [3.8, 4) is 0 Å². The maximum atomic E-state index is 13.3. The Hall–Kier alpha value is -1.58. The van der Waals surface area contributed by atoms with E-state index in [1.807, 2.05) is 18.2 Å². The van der Waals surface area contributed by atoms with E-state index in [1.165, 1.54) is 38.5 Å². The molecule has 4 heteroatoms. The van der Waals surface area contributed by atoms with Gasteiger partial charge in [-0.3, -0.25) is 9.59 Å². The standard InChI is InChI=1S/C26H38N2O2/c1-23-12-18-13-24(2,15-23)17-25(14-18,16-23)28-21(29)19-8-10-26(11-9-19,22(27)30)20-6-4-3-5-7-20/h8-10,18,20H,3-7,11-17H2,1-2H3,(H2,27,30)(H,28,29)/t18?,23-,24+,25?,26?. The first-order valence-corrected chi connectivity index (χ1v) is 12.2. The number of nitrogens with two attached hydrogens (primary N) is 1. The molecular formula is C26H38N2O2. The summed E-state index contributed by atoms with van der Waals surface area (Å²) >= 11 is 0. The fraction of sp³-hybridized carbons (Fsp3) is 0.769. The molecule has 6 aliphatic carbocycles. The van der Waals surface area contributed by atoms with Gasteiger partial charge in [0.2, 0.25) is 5.91 Å². The van der Waals surface area contributed by atoms with Crippen molar-refractivity contribution in [2.45, 2.75) is 96.4 Å². The van der Waals surface area contributed by atoms with Gasteiger partial charge in [-0.1, -0.05) is 51.3 Å². The van der Waals surface area contributed by atoms with Crippen molar-refractivity contribution in [2.24, 2.45) is 33.8 Å². The monoisotopic (exact) mass is 410 g/mol. The van der Waals surface area contributed by atoms with Crippen molar-refractivity contribution in [3.05, 3.63) is 23.8 Å². The molecule has 4 bridgehead atoms. The molecule has 5 atom stereocenters.